The number of para-hydroxylation sites is 1. The van der Waals surface area contributed by atoms with E-state index in [4.69, 9.17) is 5.11 Å². The van der Waals surface area contributed by atoms with Crippen LogP contribution < -0.4 is 0 Å². The van der Waals surface area contributed by atoms with Gasteiger partial charge in [0.15, 0.2) is 0 Å². The largest absolute Gasteiger partial charge is 0.481 e. The normalized spacial score (nSPS) is 16.0. The lowest BCUT2D eigenvalue weighted by Crippen LogP contribution is -2.11. The van der Waals surface area contributed by atoms with E-state index in [2.05, 4.69) is 0 Å². The summed E-state index contributed by atoms with van der Waals surface area (Å²) in [5, 5.41) is 19.7. The zero-order valence-corrected chi connectivity index (χ0v) is 11.2. The minimum Gasteiger partial charge on any atom is -0.481 e. The molecule has 0 atom stereocenters. The summed E-state index contributed by atoms with van der Waals surface area (Å²) in [6, 6.07) is 6.69. The van der Waals surface area contributed by atoms with Crippen LogP contribution in [0.5, 0.6) is 0 Å². The van der Waals surface area contributed by atoms with Crippen LogP contribution >= 0.6 is 11.8 Å². The van der Waals surface area contributed by atoms with Gasteiger partial charge < -0.3 is 5.11 Å². The molecule has 1 saturated carbocycles. The number of nitrogens with zero attached hydrogens (tertiary/aromatic N) is 1. The Hall–Kier alpha value is -1.56. The van der Waals surface area contributed by atoms with Gasteiger partial charge in [-0.05, 0) is 24.0 Å². The van der Waals surface area contributed by atoms with Crippen LogP contribution in [0.15, 0.2) is 24.3 Å². The Balaban J connectivity index is 1.90. The van der Waals surface area contributed by atoms with E-state index < -0.39 is 5.97 Å². The summed E-state index contributed by atoms with van der Waals surface area (Å²) in [6.45, 7) is 0. The molecule has 1 aliphatic carbocycles. The van der Waals surface area contributed by atoms with Crippen LogP contribution in [0, 0.1) is 15.5 Å². The van der Waals surface area contributed by atoms with Crippen molar-refractivity contribution < 1.29 is 14.8 Å². The number of nitro benzene ring substituents is 1. The Labute approximate surface area is 115 Å². The van der Waals surface area contributed by atoms with Crippen LogP contribution in [0.4, 0.5) is 5.69 Å². The van der Waals surface area contributed by atoms with Crippen LogP contribution in [0.25, 0.3) is 0 Å². The van der Waals surface area contributed by atoms with Gasteiger partial charge in [-0.25, -0.2) is 0 Å². The Morgan fingerprint density at radius 3 is 2.68 bits per heavy atom. The van der Waals surface area contributed by atoms with Crippen LogP contribution in [0.2, 0.25) is 0 Å². The van der Waals surface area contributed by atoms with Gasteiger partial charge in [-0.2, -0.15) is 11.8 Å². The van der Waals surface area contributed by atoms with E-state index in [1.165, 1.54) is 6.07 Å². The summed E-state index contributed by atoms with van der Waals surface area (Å²) >= 11 is 1.58. The molecule has 0 radical (unpaired) electrons. The second kappa shape index (κ2) is 5.61. The van der Waals surface area contributed by atoms with Crippen LogP contribution in [0.1, 0.15) is 24.8 Å². The summed E-state index contributed by atoms with van der Waals surface area (Å²) < 4.78 is 0. The number of carboxylic acids is 1. The molecule has 0 spiro atoms. The Bertz CT molecular complexity index is 499. The number of aliphatic carboxylic acids is 1. The van der Waals surface area contributed by atoms with Gasteiger partial charge in [0.25, 0.3) is 5.69 Å². The fourth-order valence-electron chi connectivity index (χ4n) is 2.06. The van der Waals surface area contributed by atoms with Crippen molar-refractivity contribution in [3.05, 3.63) is 39.9 Å². The highest BCUT2D eigenvalue weighted by Crippen LogP contribution is 2.51. The van der Waals surface area contributed by atoms with E-state index in [1.807, 2.05) is 0 Å². The first kappa shape index (κ1) is 13.9. The average Bonchev–Trinajstić information content (AvgIpc) is 3.08. The van der Waals surface area contributed by atoms with E-state index in [0.29, 0.717) is 11.3 Å². The Kier molecular flexibility index (Phi) is 4.09. The van der Waals surface area contributed by atoms with Crippen molar-refractivity contribution in [1.82, 2.24) is 0 Å². The van der Waals surface area contributed by atoms with Gasteiger partial charge in [0.1, 0.15) is 0 Å². The topological polar surface area (TPSA) is 80.4 Å². The molecule has 0 saturated heterocycles. The van der Waals surface area contributed by atoms with Gasteiger partial charge in [-0.1, -0.05) is 18.2 Å². The molecule has 0 aromatic heterocycles. The smallest absolute Gasteiger partial charge is 0.303 e. The predicted octanol–water partition coefficient (Wildman–Crippen LogP) is 3.08. The molecule has 2 rings (SSSR count). The molecule has 0 unspecified atom stereocenters. The highest BCUT2D eigenvalue weighted by molar-refractivity contribution is 7.98. The molecule has 1 aromatic rings. The highest BCUT2D eigenvalue weighted by Gasteiger charge is 2.44. The maximum absolute atomic E-state index is 10.9. The Morgan fingerprint density at radius 1 is 1.42 bits per heavy atom. The Morgan fingerprint density at radius 2 is 2.11 bits per heavy atom. The number of rotatable bonds is 7. The minimum atomic E-state index is -0.760. The fraction of sp³-hybridized carbons (Fsp3) is 0.462. The molecule has 0 amide bonds. The second-order valence-corrected chi connectivity index (χ2v) is 5.93. The van der Waals surface area contributed by atoms with Crippen molar-refractivity contribution in [2.45, 2.75) is 25.0 Å². The molecule has 0 bridgehead atoms. The van der Waals surface area contributed by atoms with Crippen LogP contribution in [0.3, 0.4) is 0 Å². The third-order valence-corrected chi connectivity index (χ3v) is 4.67. The quantitative estimate of drug-likeness (QED) is 0.613. The summed E-state index contributed by atoms with van der Waals surface area (Å²) in [4.78, 5) is 21.2. The molecule has 5 nitrogen and oxygen atoms in total. The van der Waals surface area contributed by atoms with Gasteiger partial charge in [0.2, 0.25) is 0 Å². The highest BCUT2D eigenvalue weighted by atomic mass is 32.2. The van der Waals surface area contributed by atoms with E-state index in [1.54, 1.807) is 30.0 Å². The average molecular weight is 281 g/mol. The zero-order valence-electron chi connectivity index (χ0n) is 10.4. The van der Waals surface area contributed by atoms with Crippen molar-refractivity contribution in [2.75, 3.05) is 5.75 Å². The molecule has 1 N–H and O–H groups in total. The van der Waals surface area contributed by atoms with Crippen molar-refractivity contribution in [3.8, 4) is 0 Å². The third-order valence-electron chi connectivity index (χ3n) is 3.34. The number of thioether (sulfide) groups is 1. The van der Waals surface area contributed by atoms with Crippen LogP contribution in [-0.2, 0) is 10.5 Å². The van der Waals surface area contributed by atoms with Gasteiger partial charge in [0, 0.05) is 17.4 Å². The minimum absolute atomic E-state index is 0.0694. The van der Waals surface area contributed by atoms with Crippen LogP contribution in [-0.4, -0.2) is 21.8 Å². The maximum Gasteiger partial charge on any atom is 0.303 e. The lowest BCUT2D eigenvalue weighted by molar-refractivity contribution is -0.385. The zero-order chi connectivity index (χ0) is 13.9. The summed E-state index contributed by atoms with van der Waals surface area (Å²) in [5.41, 5.74) is 0.766. The monoisotopic (exact) mass is 281 g/mol. The van der Waals surface area contributed by atoms with Crippen molar-refractivity contribution in [2.24, 2.45) is 5.41 Å². The maximum atomic E-state index is 10.9. The van der Waals surface area contributed by atoms with Crippen molar-refractivity contribution >= 4 is 23.4 Å². The molecule has 0 heterocycles. The number of nitro groups is 1. The molecular formula is C13H15NO4S. The van der Waals surface area contributed by atoms with Gasteiger partial charge in [-0.3, -0.25) is 14.9 Å². The number of benzene rings is 1. The molecule has 102 valence electrons. The van der Waals surface area contributed by atoms with Crippen molar-refractivity contribution in [3.63, 3.8) is 0 Å². The summed E-state index contributed by atoms with van der Waals surface area (Å²) in [5.74, 6) is 0.549. The van der Waals surface area contributed by atoms with Gasteiger partial charge in [0.05, 0.1) is 11.3 Å². The van der Waals surface area contributed by atoms with E-state index in [0.717, 1.165) is 18.6 Å². The first-order valence-corrected chi connectivity index (χ1v) is 7.20. The third kappa shape index (κ3) is 3.70. The van der Waals surface area contributed by atoms with Crippen molar-refractivity contribution in [1.29, 1.82) is 0 Å². The molecule has 0 aliphatic heterocycles. The summed E-state index contributed by atoms with van der Waals surface area (Å²) in [7, 11) is 0. The predicted molar refractivity (Wildman–Crippen MR) is 73.2 cm³/mol. The van der Waals surface area contributed by atoms with Gasteiger partial charge in [-0.15, -0.1) is 0 Å². The molecular weight excluding hydrogens is 266 g/mol. The van der Waals surface area contributed by atoms with E-state index in [-0.39, 0.29) is 22.4 Å². The lowest BCUT2D eigenvalue weighted by atomic mass is 10.1. The SMILES string of the molecule is O=C(O)CC1(CSCc2ccccc2[N+](=O)[O-])CC1. The molecule has 19 heavy (non-hydrogen) atoms. The lowest BCUT2D eigenvalue weighted by Gasteiger charge is -2.11. The first-order valence-electron chi connectivity index (χ1n) is 6.04. The molecule has 1 aromatic carbocycles. The van der Waals surface area contributed by atoms with Gasteiger partial charge >= 0.3 is 5.97 Å². The first-order chi connectivity index (χ1) is 9.02. The fourth-order valence-corrected chi connectivity index (χ4v) is 3.45. The van der Waals surface area contributed by atoms with E-state index >= 15 is 0 Å². The summed E-state index contributed by atoms with van der Waals surface area (Å²) in [6.07, 6.45) is 2.10. The number of hydrogen-bond acceptors (Lipinski definition) is 4. The number of carboxylic acid groups (broad SMARTS) is 1. The number of carbonyl (C=O) groups is 1. The molecule has 6 heteroatoms. The molecule has 1 aliphatic rings. The number of hydrogen-bond donors (Lipinski definition) is 1. The second-order valence-electron chi connectivity index (χ2n) is 4.95. The molecule has 1 fully saturated rings. The standard InChI is InChI=1S/C13H15NO4S/c15-12(16)7-13(5-6-13)9-19-8-10-3-1-2-4-11(10)14(17)18/h1-4H,5-9H2,(H,15,16). The van der Waals surface area contributed by atoms with E-state index in [9.17, 15) is 14.9 Å².